The van der Waals surface area contributed by atoms with E-state index in [1.165, 1.54) is 0 Å². The predicted molar refractivity (Wildman–Crippen MR) is 63.1 cm³/mol. The normalized spacial score (nSPS) is 10.6. The number of phenols is 1. The molecule has 3 heteroatoms. The second-order valence-corrected chi connectivity index (χ2v) is 3.40. The van der Waals surface area contributed by atoms with Gasteiger partial charge in [0, 0.05) is 0 Å². The SMILES string of the molecule is CCOC(=O)CC=Cc1cccc(O)c1C. The fourth-order valence-electron chi connectivity index (χ4n) is 1.32. The molecule has 0 unspecified atom stereocenters. The molecule has 0 aliphatic heterocycles. The minimum absolute atomic E-state index is 0.239. The van der Waals surface area contributed by atoms with Crippen LogP contribution in [0.25, 0.3) is 6.08 Å². The molecule has 0 radical (unpaired) electrons. The van der Waals surface area contributed by atoms with Crippen molar-refractivity contribution in [1.82, 2.24) is 0 Å². The Kier molecular flexibility index (Phi) is 4.58. The van der Waals surface area contributed by atoms with Crippen LogP contribution in [-0.2, 0) is 9.53 Å². The van der Waals surface area contributed by atoms with E-state index in [9.17, 15) is 9.90 Å². The summed E-state index contributed by atoms with van der Waals surface area (Å²) in [5.74, 6) is 0.0230. The van der Waals surface area contributed by atoms with Crippen molar-refractivity contribution in [1.29, 1.82) is 0 Å². The molecule has 86 valence electrons. The van der Waals surface area contributed by atoms with Gasteiger partial charge < -0.3 is 9.84 Å². The molecular weight excluding hydrogens is 204 g/mol. The van der Waals surface area contributed by atoms with E-state index in [-0.39, 0.29) is 18.1 Å². The monoisotopic (exact) mass is 220 g/mol. The summed E-state index contributed by atoms with van der Waals surface area (Å²) in [6.45, 7) is 4.01. The quantitative estimate of drug-likeness (QED) is 0.793. The van der Waals surface area contributed by atoms with Gasteiger partial charge in [-0.1, -0.05) is 24.3 Å². The molecule has 0 aromatic heterocycles. The average Bonchev–Trinajstić information content (AvgIpc) is 2.25. The first-order valence-electron chi connectivity index (χ1n) is 5.26. The predicted octanol–water partition coefficient (Wildman–Crippen LogP) is 2.67. The number of ether oxygens (including phenoxy) is 1. The first-order chi connectivity index (χ1) is 7.65. The number of hydrogen-bond donors (Lipinski definition) is 1. The van der Waals surface area contributed by atoms with Crippen LogP contribution in [-0.4, -0.2) is 17.7 Å². The Labute approximate surface area is 95.4 Å². The standard InChI is InChI=1S/C13H16O3/c1-3-16-13(15)9-5-7-11-6-4-8-12(14)10(11)2/h4-8,14H,3,9H2,1-2H3. The van der Waals surface area contributed by atoms with Crippen LogP contribution >= 0.6 is 0 Å². The lowest BCUT2D eigenvalue weighted by Gasteiger charge is -2.02. The maximum Gasteiger partial charge on any atom is 0.309 e. The fourth-order valence-corrected chi connectivity index (χ4v) is 1.32. The van der Waals surface area contributed by atoms with Gasteiger partial charge in [-0.25, -0.2) is 0 Å². The van der Waals surface area contributed by atoms with Crippen molar-refractivity contribution in [2.75, 3.05) is 6.61 Å². The number of aromatic hydroxyl groups is 1. The van der Waals surface area contributed by atoms with Gasteiger partial charge in [0.25, 0.3) is 0 Å². The summed E-state index contributed by atoms with van der Waals surface area (Å²) < 4.78 is 4.79. The summed E-state index contributed by atoms with van der Waals surface area (Å²) in [5.41, 5.74) is 1.71. The summed E-state index contributed by atoms with van der Waals surface area (Å²) in [6, 6.07) is 5.29. The summed E-state index contributed by atoms with van der Waals surface area (Å²) in [6.07, 6.45) is 3.80. The Morgan fingerprint density at radius 1 is 1.50 bits per heavy atom. The molecule has 16 heavy (non-hydrogen) atoms. The van der Waals surface area contributed by atoms with E-state index < -0.39 is 0 Å². The molecule has 0 amide bonds. The highest BCUT2D eigenvalue weighted by Gasteiger charge is 2.00. The summed E-state index contributed by atoms with van der Waals surface area (Å²) in [7, 11) is 0. The molecule has 1 N–H and O–H groups in total. The third kappa shape index (κ3) is 3.42. The Balaban J connectivity index is 2.63. The van der Waals surface area contributed by atoms with Crippen molar-refractivity contribution < 1.29 is 14.6 Å². The third-order valence-corrected chi connectivity index (χ3v) is 2.23. The summed E-state index contributed by atoms with van der Waals surface area (Å²) >= 11 is 0. The lowest BCUT2D eigenvalue weighted by molar-refractivity contribution is -0.142. The first-order valence-corrected chi connectivity index (χ1v) is 5.26. The van der Waals surface area contributed by atoms with Crippen molar-refractivity contribution in [3.63, 3.8) is 0 Å². The molecule has 0 heterocycles. The lowest BCUT2D eigenvalue weighted by Crippen LogP contribution is -2.01. The van der Waals surface area contributed by atoms with Crippen molar-refractivity contribution in [2.24, 2.45) is 0 Å². The summed E-state index contributed by atoms with van der Waals surface area (Å²) in [5, 5.41) is 9.47. The molecule has 1 aromatic rings. The minimum atomic E-state index is -0.239. The largest absolute Gasteiger partial charge is 0.508 e. The maximum atomic E-state index is 11.1. The van der Waals surface area contributed by atoms with Crippen molar-refractivity contribution in [3.8, 4) is 5.75 Å². The van der Waals surface area contributed by atoms with Gasteiger partial charge in [-0.15, -0.1) is 0 Å². The smallest absolute Gasteiger partial charge is 0.309 e. The highest BCUT2D eigenvalue weighted by atomic mass is 16.5. The van der Waals surface area contributed by atoms with Crippen LogP contribution in [0.5, 0.6) is 5.75 Å². The Morgan fingerprint density at radius 3 is 2.94 bits per heavy atom. The van der Waals surface area contributed by atoms with Crippen molar-refractivity contribution >= 4 is 12.0 Å². The van der Waals surface area contributed by atoms with E-state index in [0.717, 1.165) is 11.1 Å². The Hall–Kier alpha value is -1.77. The highest BCUT2D eigenvalue weighted by molar-refractivity contribution is 5.73. The van der Waals surface area contributed by atoms with Gasteiger partial charge in [0.2, 0.25) is 0 Å². The molecule has 1 rings (SSSR count). The van der Waals surface area contributed by atoms with Crippen LogP contribution in [0.1, 0.15) is 24.5 Å². The topological polar surface area (TPSA) is 46.5 Å². The first kappa shape index (κ1) is 12.3. The molecular formula is C13H16O3. The molecule has 1 aromatic carbocycles. The molecule has 0 saturated carbocycles. The lowest BCUT2D eigenvalue weighted by atomic mass is 10.1. The second-order valence-electron chi connectivity index (χ2n) is 3.40. The molecule has 0 bridgehead atoms. The number of esters is 1. The zero-order chi connectivity index (χ0) is 12.0. The van der Waals surface area contributed by atoms with E-state index in [4.69, 9.17) is 4.74 Å². The second kappa shape index (κ2) is 5.95. The molecule has 0 aliphatic carbocycles. The maximum absolute atomic E-state index is 11.1. The molecule has 0 saturated heterocycles. The van der Waals surface area contributed by atoms with E-state index in [0.29, 0.717) is 6.61 Å². The van der Waals surface area contributed by atoms with Gasteiger partial charge in [-0.3, -0.25) is 4.79 Å². The Bertz CT molecular complexity index is 394. The summed E-state index contributed by atoms with van der Waals surface area (Å²) in [4.78, 5) is 11.1. The van der Waals surface area contributed by atoms with Crippen molar-refractivity contribution in [2.45, 2.75) is 20.3 Å². The number of hydrogen-bond acceptors (Lipinski definition) is 3. The zero-order valence-electron chi connectivity index (χ0n) is 9.56. The third-order valence-electron chi connectivity index (χ3n) is 2.23. The fraction of sp³-hybridized carbons (Fsp3) is 0.308. The van der Waals surface area contributed by atoms with Crippen LogP contribution in [0.2, 0.25) is 0 Å². The molecule has 0 fully saturated rings. The highest BCUT2D eigenvalue weighted by Crippen LogP contribution is 2.20. The van der Waals surface area contributed by atoms with Gasteiger partial charge in [-0.2, -0.15) is 0 Å². The van der Waals surface area contributed by atoms with Crippen LogP contribution < -0.4 is 0 Å². The zero-order valence-corrected chi connectivity index (χ0v) is 9.56. The molecule has 0 atom stereocenters. The number of phenolic OH excluding ortho intramolecular Hbond substituents is 1. The van der Waals surface area contributed by atoms with Gasteiger partial charge in [0.15, 0.2) is 0 Å². The number of carbonyl (C=O) groups excluding carboxylic acids is 1. The van der Waals surface area contributed by atoms with Crippen LogP contribution in [0, 0.1) is 6.92 Å². The average molecular weight is 220 g/mol. The van der Waals surface area contributed by atoms with E-state index >= 15 is 0 Å². The van der Waals surface area contributed by atoms with Crippen LogP contribution in [0.3, 0.4) is 0 Å². The van der Waals surface area contributed by atoms with E-state index in [1.54, 1.807) is 25.1 Å². The molecule has 0 aliphatic rings. The van der Waals surface area contributed by atoms with Crippen molar-refractivity contribution in [3.05, 3.63) is 35.4 Å². The van der Waals surface area contributed by atoms with Crippen LogP contribution in [0.4, 0.5) is 0 Å². The minimum Gasteiger partial charge on any atom is -0.508 e. The van der Waals surface area contributed by atoms with Gasteiger partial charge in [0.1, 0.15) is 5.75 Å². The Morgan fingerprint density at radius 2 is 2.25 bits per heavy atom. The van der Waals surface area contributed by atoms with Gasteiger partial charge in [0.05, 0.1) is 13.0 Å². The number of benzene rings is 1. The number of rotatable bonds is 4. The number of carbonyl (C=O) groups is 1. The van der Waals surface area contributed by atoms with Gasteiger partial charge in [-0.05, 0) is 31.0 Å². The molecule has 3 nitrogen and oxygen atoms in total. The van der Waals surface area contributed by atoms with E-state index in [1.807, 2.05) is 19.1 Å². The van der Waals surface area contributed by atoms with Crippen LogP contribution in [0.15, 0.2) is 24.3 Å². The molecule has 0 spiro atoms. The van der Waals surface area contributed by atoms with E-state index in [2.05, 4.69) is 0 Å². The van der Waals surface area contributed by atoms with Gasteiger partial charge >= 0.3 is 5.97 Å².